The van der Waals surface area contributed by atoms with Gasteiger partial charge in [-0.3, -0.25) is 14.3 Å². The van der Waals surface area contributed by atoms with Gasteiger partial charge in [-0.25, -0.2) is 4.79 Å². The lowest BCUT2D eigenvalue weighted by molar-refractivity contribution is -0.0797. The summed E-state index contributed by atoms with van der Waals surface area (Å²) in [5.74, 6) is 1.46. The van der Waals surface area contributed by atoms with Crippen LogP contribution in [0.2, 0.25) is 0 Å². The number of ether oxygens (including phenoxy) is 4. The molecule has 0 bridgehead atoms. The predicted octanol–water partition coefficient (Wildman–Crippen LogP) is 3.49. The maximum atomic E-state index is 12.5. The van der Waals surface area contributed by atoms with Crippen LogP contribution in [0.15, 0.2) is 94.6 Å². The zero-order valence-corrected chi connectivity index (χ0v) is 22.7. The number of nitrogens with zero attached hydrogens (tertiary/aromatic N) is 1. The van der Waals surface area contributed by atoms with Gasteiger partial charge in [0.25, 0.3) is 5.56 Å². The molecule has 0 aliphatic carbocycles. The van der Waals surface area contributed by atoms with Crippen molar-refractivity contribution in [3.05, 3.63) is 128 Å². The third kappa shape index (κ3) is 5.19. The number of hydrogen-bond acceptors (Lipinski definition) is 7. The fraction of sp³-hybridized carbons (Fsp3) is 0.290. The van der Waals surface area contributed by atoms with E-state index in [-0.39, 0.29) is 6.61 Å². The van der Waals surface area contributed by atoms with Gasteiger partial charge >= 0.3 is 5.69 Å². The molecule has 9 heteroatoms. The highest BCUT2D eigenvalue weighted by molar-refractivity contribution is 5.49. The van der Waals surface area contributed by atoms with Crippen LogP contribution in [0.4, 0.5) is 0 Å². The fourth-order valence-electron chi connectivity index (χ4n) is 5.17. The molecule has 4 aromatic rings. The van der Waals surface area contributed by atoms with E-state index in [0.29, 0.717) is 12.0 Å². The molecule has 9 nitrogen and oxygen atoms in total. The molecule has 40 heavy (non-hydrogen) atoms. The van der Waals surface area contributed by atoms with Crippen LogP contribution in [-0.2, 0) is 15.1 Å². The number of aromatic amines is 1. The van der Waals surface area contributed by atoms with Crippen LogP contribution < -0.4 is 26.5 Å². The van der Waals surface area contributed by atoms with Gasteiger partial charge in [-0.05, 0) is 47.9 Å². The van der Waals surface area contributed by atoms with Crippen LogP contribution in [0.25, 0.3) is 0 Å². The number of H-pyrrole nitrogens is 1. The summed E-state index contributed by atoms with van der Waals surface area (Å²) in [5.41, 5.74) is 7.65. The summed E-state index contributed by atoms with van der Waals surface area (Å²) in [6.45, 7) is 1.78. The van der Waals surface area contributed by atoms with Crippen molar-refractivity contribution >= 4 is 0 Å². The lowest BCUT2D eigenvalue weighted by Gasteiger charge is -2.37. The Balaban J connectivity index is 1.54. The van der Waals surface area contributed by atoms with E-state index in [4.69, 9.17) is 24.7 Å². The molecule has 0 radical (unpaired) electrons. The van der Waals surface area contributed by atoms with Crippen LogP contribution in [0.1, 0.15) is 34.9 Å². The van der Waals surface area contributed by atoms with Crippen LogP contribution >= 0.6 is 0 Å². The Labute approximate surface area is 232 Å². The Hall–Kier alpha value is -4.18. The Bertz CT molecular complexity index is 1500. The monoisotopic (exact) mass is 543 g/mol. The molecule has 0 saturated carbocycles. The highest BCUT2D eigenvalue weighted by atomic mass is 16.6. The van der Waals surface area contributed by atoms with Crippen LogP contribution in [0, 0.1) is 6.92 Å². The maximum absolute atomic E-state index is 12.5. The van der Waals surface area contributed by atoms with Crippen LogP contribution in [-0.4, -0.2) is 42.5 Å². The van der Waals surface area contributed by atoms with Gasteiger partial charge in [0.1, 0.15) is 23.3 Å². The second kappa shape index (κ2) is 11.5. The van der Waals surface area contributed by atoms with Crippen molar-refractivity contribution in [3.63, 3.8) is 0 Å². The van der Waals surface area contributed by atoms with E-state index in [0.717, 1.165) is 28.2 Å². The maximum Gasteiger partial charge on any atom is 0.330 e. The smallest absolute Gasteiger partial charge is 0.330 e. The molecule has 208 valence electrons. The topological polar surface area (TPSA) is 118 Å². The van der Waals surface area contributed by atoms with Crippen LogP contribution in [0.3, 0.4) is 0 Å². The summed E-state index contributed by atoms with van der Waals surface area (Å²) in [5, 5.41) is 0. The summed E-state index contributed by atoms with van der Waals surface area (Å²) < 4.78 is 25.4. The Morgan fingerprint density at radius 3 is 2.00 bits per heavy atom. The molecule has 1 aliphatic rings. The molecule has 1 fully saturated rings. The zero-order valence-electron chi connectivity index (χ0n) is 22.7. The number of nitrogens with one attached hydrogen (secondary N) is 1. The minimum Gasteiger partial charge on any atom is -0.497 e. The van der Waals surface area contributed by atoms with Crippen molar-refractivity contribution < 1.29 is 18.9 Å². The predicted molar refractivity (Wildman–Crippen MR) is 151 cm³/mol. The van der Waals surface area contributed by atoms with Gasteiger partial charge in [-0.1, -0.05) is 54.6 Å². The van der Waals surface area contributed by atoms with Crippen molar-refractivity contribution in [3.8, 4) is 11.5 Å². The molecule has 5 rings (SSSR count). The summed E-state index contributed by atoms with van der Waals surface area (Å²) in [6, 6.07) is 25.1. The van der Waals surface area contributed by atoms with Gasteiger partial charge in [0.15, 0.2) is 0 Å². The number of rotatable bonds is 9. The van der Waals surface area contributed by atoms with Crippen molar-refractivity contribution in [2.75, 3.05) is 20.8 Å². The molecule has 1 aliphatic heterocycles. The first-order valence-electron chi connectivity index (χ1n) is 13.1. The lowest BCUT2D eigenvalue weighted by Crippen LogP contribution is -2.40. The third-order valence-corrected chi connectivity index (χ3v) is 7.38. The molecular weight excluding hydrogens is 510 g/mol. The van der Waals surface area contributed by atoms with Gasteiger partial charge < -0.3 is 24.7 Å². The molecule has 3 N–H and O–H groups in total. The SMILES string of the molecule is COc1ccc(C(OCC2OC(n3cc(C)c(=O)[nH]c3=O)CC2N)(c2ccccc2)c2ccc(OC)cc2)cc1. The Kier molecular flexibility index (Phi) is 7.88. The molecule has 1 saturated heterocycles. The van der Waals surface area contributed by atoms with Gasteiger partial charge in [0, 0.05) is 24.2 Å². The number of nitrogens with two attached hydrogens (primary N) is 1. The Morgan fingerprint density at radius 1 is 0.900 bits per heavy atom. The highest BCUT2D eigenvalue weighted by Crippen LogP contribution is 2.42. The molecule has 0 spiro atoms. The molecular formula is C31H33N3O6. The van der Waals surface area contributed by atoms with E-state index in [1.807, 2.05) is 78.9 Å². The number of aryl methyl sites for hydroxylation is 1. The van der Waals surface area contributed by atoms with Gasteiger partial charge in [-0.15, -0.1) is 0 Å². The standard InChI is InChI=1S/C31H33N3O6/c1-20-18-34(30(36)33-29(20)35)28-17-26(32)27(40-28)19-39-31(21-7-5-4-6-8-21,22-9-13-24(37-2)14-10-22)23-11-15-25(38-3)16-12-23/h4-16,18,26-28H,17,19,32H2,1-3H3,(H,33,35,36). The first-order valence-corrected chi connectivity index (χ1v) is 13.1. The van der Waals surface area contributed by atoms with Crippen LogP contribution in [0.5, 0.6) is 11.5 Å². The largest absolute Gasteiger partial charge is 0.497 e. The van der Waals surface area contributed by atoms with E-state index in [2.05, 4.69) is 4.98 Å². The number of hydrogen-bond donors (Lipinski definition) is 2. The third-order valence-electron chi connectivity index (χ3n) is 7.38. The van der Waals surface area contributed by atoms with E-state index in [1.54, 1.807) is 21.1 Å². The molecule has 3 aromatic carbocycles. The summed E-state index contributed by atoms with van der Waals surface area (Å²) in [6.07, 6.45) is 0.761. The van der Waals surface area contributed by atoms with Crippen molar-refractivity contribution in [2.24, 2.45) is 5.73 Å². The first-order chi connectivity index (χ1) is 19.3. The molecule has 3 atom stereocenters. The summed E-state index contributed by atoms with van der Waals surface area (Å²) in [4.78, 5) is 26.7. The minimum atomic E-state index is -1.02. The second-order valence-electron chi connectivity index (χ2n) is 9.82. The highest BCUT2D eigenvalue weighted by Gasteiger charge is 2.41. The second-order valence-corrected chi connectivity index (χ2v) is 9.82. The van der Waals surface area contributed by atoms with Crippen molar-refractivity contribution in [1.29, 1.82) is 0 Å². The van der Waals surface area contributed by atoms with E-state index in [9.17, 15) is 9.59 Å². The van der Waals surface area contributed by atoms with Gasteiger partial charge in [-0.2, -0.15) is 0 Å². The van der Waals surface area contributed by atoms with Crippen molar-refractivity contribution in [1.82, 2.24) is 9.55 Å². The average Bonchev–Trinajstić information content (AvgIpc) is 3.36. The average molecular weight is 544 g/mol. The normalized spacial score (nSPS) is 18.9. The number of aromatic nitrogens is 2. The minimum absolute atomic E-state index is 0.141. The first kappa shape index (κ1) is 27.4. The van der Waals surface area contributed by atoms with Gasteiger partial charge in [0.2, 0.25) is 0 Å². The zero-order chi connectivity index (χ0) is 28.3. The van der Waals surface area contributed by atoms with E-state index < -0.39 is 35.2 Å². The summed E-state index contributed by atoms with van der Waals surface area (Å²) >= 11 is 0. The lowest BCUT2D eigenvalue weighted by atomic mass is 9.80. The summed E-state index contributed by atoms with van der Waals surface area (Å²) in [7, 11) is 3.26. The molecule has 3 unspecified atom stereocenters. The van der Waals surface area contributed by atoms with E-state index in [1.165, 1.54) is 10.8 Å². The van der Waals surface area contributed by atoms with Gasteiger partial charge in [0.05, 0.1) is 26.9 Å². The number of benzene rings is 3. The quantitative estimate of drug-likeness (QED) is 0.310. The molecule has 2 heterocycles. The fourth-order valence-corrected chi connectivity index (χ4v) is 5.17. The van der Waals surface area contributed by atoms with Crippen molar-refractivity contribution in [2.45, 2.75) is 37.3 Å². The molecule has 0 amide bonds. The molecule has 1 aromatic heterocycles. The Morgan fingerprint density at radius 2 is 1.45 bits per heavy atom. The van der Waals surface area contributed by atoms with E-state index >= 15 is 0 Å². The number of methoxy groups -OCH3 is 2.